The lowest BCUT2D eigenvalue weighted by molar-refractivity contribution is -0.137. The van der Waals surface area contributed by atoms with Crippen molar-refractivity contribution in [2.45, 2.75) is 29.9 Å². The Morgan fingerprint density at radius 2 is 1.59 bits per heavy atom. The molecule has 3 aromatic carbocycles. The van der Waals surface area contributed by atoms with Crippen molar-refractivity contribution in [3.05, 3.63) is 101 Å². The molecule has 0 radical (unpaired) electrons. The Balaban J connectivity index is 1.49. The summed E-state index contributed by atoms with van der Waals surface area (Å²) in [5.74, 6) is -0.379. The van der Waals surface area contributed by atoms with Crippen LogP contribution in [-0.4, -0.2) is 59.7 Å². The van der Waals surface area contributed by atoms with Crippen LogP contribution in [0.3, 0.4) is 0 Å². The van der Waals surface area contributed by atoms with Gasteiger partial charge in [0, 0.05) is 31.9 Å². The van der Waals surface area contributed by atoms with E-state index in [0.29, 0.717) is 31.7 Å². The minimum absolute atomic E-state index is 0.113. The average Bonchev–Trinajstić information content (AvgIpc) is 3.36. The number of sulfone groups is 1. The van der Waals surface area contributed by atoms with Crippen LogP contribution < -0.4 is 4.90 Å². The van der Waals surface area contributed by atoms with Crippen molar-refractivity contribution in [1.29, 1.82) is 0 Å². The van der Waals surface area contributed by atoms with E-state index in [-0.39, 0.29) is 10.7 Å². The number of hydrogen-bond acceptors (Lipinski definition) is 7. The monoisotopic (exact) mass is 556 g/mol. The first kappa shape index (κ1) is 26.8. The number of alkyl halides is 3. The topological polar surface area (TPSA) is 84.2 Å². The lowest BCUT2D eigenvalue weighted by Crippen LogP contribution is -2.48. The fourth-order valence-electron chi connectivity index (χ4n) is 4.77. The van der Waals surface area contributed by atoms with Crippen molar-refractivity contribution >= 4 is 15.5 Å². The van der Waals surface area contributed by atoms with Crippen LogP contribution in [-0.2, 0) is 21.9 Å². The lowest BCUT2D eigenvalue weighted by Gasteiger charge is -2.40. The first-order chi connectivity index (χ1) is 18.6. The van der Waals surface area contributed by atoms with E-state index in [1.54, 1.807) is 18.2 Å². The maximum atomic E-state index is 13.6. The average molecular weight is 557 g/mol. The van der Waals surface area contributed by atoms with E-state index in [9.17, 15) is 21.6 Å². The number of aromatic nitrogens is 4. The molecule has 0 N–H and O–H groups in total. The zero-order valence-corrected chi connectivity index (χ0v) is 22.0. The van der Waals surface area contributed by atoms with Gasteiger partial charge in [-0.15, -0.1) is 5.10 Å². The number of halogens is 3. The molecule has 0 amide bonds. The smallest absolute Gasteiger partial charge is 0.369 e. The lowest BCUT2D eigenvalue weighted by atomic mass is 10.0. The van der Waals surface area contributed by atoms with Crippen molar-refractivity contribution in [2.24, 2.45) is 0 Å². The highest BCUT2D eigenvalue weighted by Crippen LogP contribution is 2.35. The zero-order chi connectivity index (χ0) is 27.6. The predicted octanol–water partition coefficient (Wildman–Crippen LogP) is 4.34. The number of nitrogens with zero attached hydrogens (tertiary/aromatic N) is 6. The highest BCUT2D eigenvalue weighted by Gasteiger charge is 2.35. The Hall–Kier alpha value is -3.77. The van der Waals surface area contributed by atoms with Crippen LogP contribution in [0.25, 0.3) is 0 Å². The number of para-hydroxylation sites is 1. The molecule has 1 aliphatic rings. The zero-order valence-electron chi connectivity index (χ0n) is 21.2. The van der Waals surface area contributed by atoms with E-state index in [1.165, 1.54) is 22.9 Å². The van der Waals surface area contributed by atoms with Crippen LogP contribution in [0.2, 0.25) is 0 Å². The molecule has 204 valence electrons. The molecular weight excluding hydrogens is 529 g/mol. The van der Waals surface area contributed by atoms with Gasteiger partial charge in [-0.2, -0.15) is 13.2 Å². The van der Waals surface area contributed by atoms with Crippen molar-refractivity contribution in [1.82, 2.24) is 25.1 Å². The fraction of sp³-hybridized carbons (Fsp3) is 0.296. The second-order valence-corrected chi connectivity index (χ2v) is 11.4. The molecular formula is C27H27F3N6O2S. The first-order valence-electron chi connectivity index (χ1n) is 12.4. The second-order valence-electron chi connectivity index (χ2n) is 9.48. The Bertz CT molecular complexity index is 1520. The molecule has 12 heteroatoms. The van der Waals surface area contributed by atoms with Crippen LogP contribution in [0.5, 0.6) is 0 Å². The minimum atomic E-state index is -4.53. The van der Waals surface area contributed by atoms with Crippen molar-refractivity contribution in [3.63, 3.8) is 0 Å². The van der Waals surface area contributed by atoms with Crippen LogP contribution in [0.15, 0.2) is 83.8 Å². The van der Waals surface area contributed by atoms with Crippen molar-refractivity contribution < 1.29 is 21.6 Å². The van der Waals surface area contributed by atoms with Gasteiger partial charge in [-0.25, -0.2) is 13.1 Å². The van der Waals surface area contributed by atoms with E-state index in [2.05, 4.69) is 20.4 Å². The van der Waals surface area contributed by atoms with Crippen LogP contribution in [0.4, 0.5) is 18.9 Å². The third kappa shape index (κ3) is 5.96. The van der Waals surface area contributed by atoms with Gasteiger partial charge in [0.1, 0.15) is 0 Å². The molecule has 5 rings (SSSR count). The summed E-state index contributed by atoms with van der Waals surface area (Å²) < 4.78 is 68.5. The summed E-state index contributed by atoms with van der Waals surface area (Å²) in [6.45, 7) is 4.12. The summed E-state index contributed by atoms with van der Waals surface area (Å²) in [5, 5.41) is 11.8. The largest absolute Gasteiger partial charge is 0.416 e. The molecule has 1 saturated heterocycles. The standard InChI is InChI=1S/C27H27F3N6O2S/c1-20-10-12-24(13-11-20)39(37,38)19-36-26(31-32-33-36)25(21-6-5-7-22(18-21)27(28,29)30)35-16-14-34(15-17-35)23-8-3-2-4-9-23/h2-13,18,25H,14-17,19H2,1H3. The van der Waals surface area contributed by atoms with Crippen LogP contribution >= 0.6 is 0 Å². The predicted molar refractivity (Wildman–Crippen MR) is 140 cm³/mol. The third-order valence-electron chi connectivity index (χ3n) is 6.81. The van der Waals surface area contributed by atoms with E-state index in [1.807, 2.05) is 42.2 Å². The van der Waals surface area contributed by atoms with Gasteiger partial charge in [-0.1, -0.05) is 48.0 Å². The summed E-state index contributed by atoms with van der Waals surface area (Å²) in [6.07, 6.45) is -4.53. The number of rotatable bonds is 7. The van der Waals surface area contributed by atoms with Crippen molar-refractivity contribution in [3.8, 4) is 0 Å². The minimum Gasteiger partial charge on any atom is -0.369 e. The summed E-state index contributed by atoms with van der Waals surface area (Å²) in [4.78, 5) is 4.31. The number of anilines is 1. The highest BCUT2D eigenvalue weighted by molar-refractivity contribution is 7.90. The number of hydrogen-bond donors (Lipinski definition) is 0. The van der Waals surface area contributed by atoms with Gasteiger partial charge in [-0.05, 0) is 59.3 Å². The molecule has 1 aromatic heterocycles. The maximum absolute atomic E-state index is 13.6. The molecule has 0 aliphatic carbocycles. The van der Waals surface area contributed by atoms with Crippen LogP contribution in [0.1, 0.15) is 28.6 Å². The summed E-state index contributed by atoms with van der Waals surface area (Å²) in [6, 6.07) is 20.6. The number of aryl methyl sites for hydroxylation is 1. The maximum Gasteiger partial charge on any atom is 0.416 e. The fourth-order valence-corrected chi connectivity index (χ4v) is 5.97. The Morgan fingerprint density at radius 1 is 0.897 bits per heavy atom. The summed E-state index contributed by atoms with van der Waals surface area (Å²) in [7, 11) is -3.83. The van der Waals surface area contributed by atoms with Crippen LogP contribution in [0, 0.1) is 6.92 Å². The Morgan fingerprint density at radius 3 is 2.26 bits per heavy atom. The number of tetrazole rings is 1. The van der Waals surface area contributed by atoms with Gasteiger partial charge in [0.25, 0.3) is 0 Å². The number of benzene rings is 3. The summed E-state index contributed by atoms with van der Waals surface area (Å²) >= 11 is 0. The molecule has 4 aromatic rings. The van der Waals surface area contributed by atoms with E-state index in [4.69, 9.17) is 0 Å². The summed E-state index contributed by atoms with van der Waals surface area (Å²) in [5.41, 5.74) is 1.51. The van der Waals surface area contributed by atoms with Gasteiger partial charge in [-0.3, -0.25) is 4.90 Å². The molecule has 0 bridgehead atoms. The van der Waals surface area contributed by atoms with Gasteiger partial charge in [0.2, 0.25) is 0 Å². The Labute approximate surface area is 224 Å². The molecule has 8 nitrogen and oxygen atoms in total. The van der Waals surface area contributed by atoms with E-state index in [0.717, 1.165) is 23.4 Å². The number of piperazine rings is 1. The second kappa shape index (κ2) is 10.8. The molecule has 39 heavy (non-hydrogen) atoms. The molecule has 0 saturated carbocycles. The quantitative estimate of drug-likeness (QED) is 0.335. The third-order valence-corrected chi connectivity index (χ3v) is 8.38. The normalized spacial score (nSPS) is 15.8. The molecule has 1 fully saturated rings. The molecule has 1 atom stereocenters. The van der Waals surface area contributed by atoms with E-state index >= 15 is 0 Å². The molecule has 1 aliphatic heterocycles. The van der Waals surface area contributed by atoms with Gasteiger partial charge >= 0.3 is 6.18 Å². The molecule has 0 spiro atoms. The van der Waals surface area contributed by atoms with Gasteiger partial charge < -0.3 is 4.90 Å². The van der Waals surface area contributed by atoms with E-state index < -0.39 is 33.5 Å². The van der Waals surface area contributed by atoms with Gasteiger partial charge in [0.15, 0.2) is 21.5 Å². The van der Waals surface area contributed by atoms with Crippen molar-refractivity contribution in [2.75, 3.05) is 31.1 Å². The highest BCUT2D eigenvalue weighted by atomic mass is 32.2. The van der Waals surface area contributed by atoms with Gasteiger partial charge in [0.05, 0.1) is 16.5 Å². The first-order valence-corrected chi connectivity index (χ1v) is 14.0. The SMILES string of the molecule is Cc1ccc(S(=O)(=O)Cn2nnnc2C(c2cccc(C(F)(F)F)c2)N2CCN(c3ccccc3)CC2)cc1. The molecule has 2 heterocycles. The molecule has 1 unspecified atom stereocenters. The Kier molecular flexibility index (Phi) is 7.41.